The maximum Gasteiger partial charge on any atom is 0.329 e. The van der Waals surface area contributed by atoms with Gasteiger partial charge in [-0.15, -0.1) is 0 Å². The molecule has 1 aromatic rings. The minimum Gasteiger partial charge on any atom is -0.462 e. The van der Waals surface area contributed by atoms with Crippen molar-refractivity contribution in [3.05, 3.63) is 35.9 Å². The van der Waals surface area contributed by atoms with Gasteiger partial charge in [0.15, 0.2) is 0 Å². The molecule has 3 saturated heterocycles. The van der Waals surface area contributed by atoms with Crippen molar-refractivity contribution in [2.75, 3.05) is 44.8 Å². The number of Topliss-reactive ketones (excluding diaryl/α,β-unsaturated/α-hetero) is 1. The molecule has 0 radical (unpaired) electrons. The topological polar surface area (TPSA) is 330 Å². The van der Waals surface area contributed by atoms with E-state index in [1.54, 1.807) is 37.3 Å². The van der Waals surface area contributed by atoms with E-state index in [0.29, 0.717) is 62.7 Å². The Morgan fingerprint density at radius 3 is 2.10 bits per heavy atom. The number of ketones is 1. The summed E-state index contributed by atoms with van der Waals surface area (Å²) in [4.78, 5) is 151. The Bertz CT molecular complexity index is 2570. The van der Waals surface area contributed by atoms with Crippen LogP contribution < -0.4 is 31.9 Å². The maximum absolute atomic E-state index is 14.5. The largest absolute Gasteiger partial charge is 0.462 e. The Morgan fingerprint density at radius 1 is 0.708 bits per heavy atom. The molecule has 12 atom stereocenters. The number of rotatable bonds is 13. The normalized spacial score (nSPS) is 30.1. The summed E-state index contributed by atoms with van der Waals surface area (Å²) < 4.78 is 29.7. The van der Waals surface area contributed by atoms with Gasteiger partial charge in [-0.2, -0.15) is 11.8 Å². The molecule has 0 unspecified atom stereocenters. The number of cyclic esters (lactones) is 1. The van der Waals surface area contributed by atoms with Gasteiger partial charge in [0.2, 0.25) is 41.2 Å². The summed E-state index contributed by atoms with van der Waals surface area (Å²) in [7, 11) is 1.53. The van der Waals surface area contributed by atoms with Gasteiger partial charge < -0.3 is 65.6 Å². The number of ether oxygens (including phenoxy) is 5. The van der Waals surface area contributed by atoms with Gasteiger partial charge in [0.1, 0.15) is 42.5 Å². The quantitative estimate of drug-likeness (QED) is 0.0639. The number of piperidine rings is 1. The summed E-state index contributed by atoms with van der Waals surface area (Å²) in [6, 6.07) is 4.37. The molecule has 2 aliphatic carbocycles. The molecule has 5 aliphatic rings. The van der Waals surface area contributed by atoms with E-state index in [1.807, 2.05) is 20.8 Å². The Labute approximate surface area is 527 Å². The number of hydrogen-bond donors (Lipinski definition) is 7. The second-order valence-electron chi connectivity index (χ2n) is 25.2. The molecule has 2 saturated carbocycles. The molecule has 7 N–H and O–H groups in total. The molecule has 7 amide bonds. The minimum atomic E-state index is -2.53. The predicted molar refractivity (Wildman–Crippen MR) is 328 cm³/mol. The summed E-state index contributed by atoms with van der Waals surface area (Å²) in [6.45, 7) is 7.98. The van der Waals surface area contributed by atoms with Crippen molar-refractivity contribution in [3.63, 3.8) is 0 Å². The zero-order valence-corrected chi connectivity index (χ0v) is 53.6. The summed E-state index contributed by atoms with van der Waals surface area (Å²) in [6.07, 6.45) is 6.74. The average molecular weight is 1270 g/mol. The van der Waals surface area contributed by atoms with Crippen LogP contribution in [-0.4, -0.2) is 180 Å². The monoisotopic (exact) mass is 1270 g/mol. The number of aliphatic hydroxyl groups is 1. The van der Waals surface area contributed by atoms with Gasteiger partial charge in [-0.3, -0.25) is 47.9 Å². The Kier molecular flexibility index (Phi) is 29.1. The van der Waals surface area contributed by atoms with Crippen molar-refractivity contribution < 1.29 is 81.5 Å². The van der Waals surface area contributed by atoms with Gasteiger partial charge in [0, 0.05) is 39.1 Å². The SMILES string of the molecule is CO[C@@H]1C[C@H](C[C@@H](C)[C@@H]2CC(=O)NCCNC(=O)[C@H](CC(C)C)NC(=O)CNC(=O)[C@H](Cc3ccccc3)NC(=O)[C@H](C)NC(=O)CSCC[C@@H]3CC[C@@H](C)[C@@](O)(O3)C(=O)C(=O)N3CCCC[C@H]3C(=O)O2)CC[C@H]1OC(=O)CCC(=O)OC1CCCCCC1. The van der Waals surface area contributed by atoms with E-state index in [-0.39, 0.29) is 88.3 Å². The standard InChI is InChI=1S/C64H97N7O17S/c1-39(2)32-47-60(79)66-29-28-65-53(72)36-51(40(3)33-44-22-24-50(52(35-44)84-6)86-57(76)26-25-56(75)85-45-18-12-7-8-13-19-45)87-63(82)49-20-14-15-30-71(49)62(81)58(77)64(83)41(4)21-23-46(88-64)27-31-89-38-55(74)68-42(5)59(78)70-48(34-43-16-10-9-11-17-43)61(80)67-37-54(73)69-47/h9-11,16-17,39-42,44-52,83H,7-8,12-15,18-38H2,1-6H3,(H,65,72)(H,66,79)(H,67,80)(H,68,74)(H,69,73)(H,70,78)/t40-,41-,42+,44+,46+,47+,48+,49+,50-,51+,52-,64-/m1/s1. The van der Waals surface area contributed by atoms with E-state index in [4.69, 9.17) is 23.7 Å². The number of fused-ring (bicyclic) bond motifs is 3. The highest BCUT2D eigenvalue weighted by Crippen LogP contribution is 2.37. The number of nitrogens with zero attached hydrogens (tertiary/aromatic N) is 1. The van der Waals surface area contributed by atoms with Crippen LogP contribution in [0.3, 0.4) is 0 Å². The second kappa shape index (κ2) is 36.0. The maximum atomic E-state index is 14.5. The lowest BCUT2D eigenvalue weighted by atomic mass is 9.78. The van der Waals surface area contributed by atoms with Crippen LogP contribution in [0.2, 0.25) is 0 Å². The van der Waals surface area contributed by atoms with E-state index in [9.17, 15) is 57.8 Å². The number of carbonyl (C=O) groups is 11. The van der Waals surface area contributed by atoms with Crippen LogP contribution in [-0.2, 0) is 82.8 Å². The number of amides is 7. The van der Waals surface area contributed by atoms with Crippen molar-refractivity contribution in [3.8, 4) is 0 Å². The first kappa shape index (κ1) is 71.9. The zero-order valence-electron chi connectivity index (χ0n) is 52.8. The number of thioether (sulfide) groups is 1. The van der Waals surface area contributed by atoms with Crippen molar-refractivity contribution in [1.82, 2.24) is 36.8 Å². The van der Waals surface area contributed by atoms with Crippen molar-refractivity contribution >= 4 is 76.8 Å². The third-order valence-electron chi connectivity index (χ3n) is 17.6. The van der Waals surface area contributed by atoms with E-state index < -0.39 is 138 Å². The molecule has 0 spiro atoms. The molecule has 25 heteroatoms. The molecule has 3 heterocycles. The molecule has 496 valence electrons. The Balaban J connectivity index is 1.16. The summed E-state index contributed by atoms with van der Waals surface area (Å²) in [5, 5.41) is 28.1. The van der Waals surface area contributed by atoms with Crippen LogP contribution in [0.15, 0.2) is 30.3 Å². The number of hydrogen-bond acceptors (Lipinski definition) is 18. The molecule has 2 bridgehead atoms. The van der Waals surface area contributed by atoms with E-state index in [1.165, 1.54) is 25.8 Å². The fourth-order valence-corrected chi connectivity index (χ4v) is 13.3. The minimum absolute atomic E-state index is 0.00535. The Morgan fingerprint density at radius 2 is 1.39 bits per heavy atom. The summed E-state index contributed by atoms with van der Waals surface area (Å²) >= 11 is 1.22. The fourth-order valence-electron chi connectivity index (χ4n) is 12.4. The number of benzene rings is 1. The molecule has 89 heavy (non-hydrogen) atoms. The van der Waals surface area contributed by atoms with Gasteiger partial charge >= 0.3 is 17.9 Å². The van der Waals surface area contributed by atoms with Crippen LogP contribution in [0.4, 0.5) is 0 Å². The molecule has 5 fully saturated rings. The first-order valence-corrected chi connectivity index (χ1v) is 33.4. The molecular formula is C64H97N7O17S. The average Bonchev–Trinajstić information content (AvgIpc) is 0.999. The number of carbonyl (C=O) groups excluding carboxylic acids is 11. The second-order valence-corrected chi connectivity index (χ2v) is 26.3. The highest BCUT2D eigenvalue weighted by molar-refractivity contribution is 7.99. The molecule has 1 aromatic carbocycles. The lowest BCUT2D eigenvalue weighted by Crippen LogP contribution is -2.60. The zero-order chi connectivity index (χ0) is 64.6. The highest BCUT2D eigenvalue weighted by atomic mass is 32.2. The number of nitrogens with one attached hydrogen (secondary N) is 6. The third kappa shape index (κ3) is 22.9. The lowest BCUT2D eigenvalue weighted by Gasteiger charge is -2.42. The van der Waals surface area contributed by atoms with Crippen LogP contribution in [0.25, 0.3) is 0 Å². The number of esters is 3. The first-order valence-electron chi connectivity index (χ1n) is 32.2. The fraction of sp³-hybridized carbons (Fsp3) is 0.734. The Hall–Kier alpha value is -6.18. The molecule has 3 aliphatic heterocycles. The van der Waals surface area contributed by atoms with Crippen LogP contribution in [0.5, 0.6) is 0 Å². The van der Waals surface area contributed by atoms with Gasteiger partial charge in [-0.1, -0.05) is 70.9 Å². The first-order chi connectivity index (χ1) is 42.5. The van der Waals surface area contributed by atoms with Gasteiger partial charge in [0.25, 0.3) is 11.7 Å². The third-order valence-corrected chi connectivity index (χ3v) is 18.6. The molecule has 24 nitrogen and oxygen atoms in total. The number of methoxy groups -OCH3 is 1. The summed E-state index contributed by atoms with van der Waals surface area (Å²) in [5.41, 5.74) is 0.708. The molecule has 6 rings (SSSR count). The van der Waals surface area contributed by atoms with Crippen LogP contribution in [0.1, 0.15) is 169 Å². The van der Waals surface area contributed by atoms with Crippen LogP contribution in [0, 0.1) is 23.7 Å². The smallest absolute Gasteiger partial charge is 0.329 e. The summed E-state index contributed by atoms with van der Waals surface area (Å²) in [5.74, 6) is -11.4. The van der Waals surface area contributed by atoms with Crippen molar-refractivity contribution in [2.24, 2.45) is 23.7 Å². The van der Waals surface area contributed by atoms with Gasteiger partial charge in [0.05, 0.1) is 43.8 Å². The van der Waals surface area contributed by atoms with Crippen molar-refractivity contribution in [2.45, 2.75) is 230 Å². The van der Waals surface area contributed by atoms with Gasteiger partial charge in [-0.05, 0) is 132 Å². The van der Waals surface area contributed by atoms with Crippen molar-refractivity contribution in [1.29, 1.82) is 0 Å². The predicted octanol–water partition coefficient (Wildman–Crippen LogP) is 3.79. The van der Waals surface area contributed by atoms with E-state index in [0.717, 1.165) is 43.4 Å². The lowest BCUT2D eigenvalue weighted by molar-refractivity contribution is -0.262. The molecular weight excluding hydrogens is 1170 g/mol. The highest BCUT2D eigenvalue weighted by Gasteiger charge is 2.53. The van der Waals surface area contributed by atoms with E-state index in [2.05, 4.69) is 31.9 Å². The van der Waals surface area contributed by atoms with Crippen LogP contribution >= 0.6 is 11.8 Å². The molecule has 0 aromatic heterocycles. The van der Waals surface area contributed by atoms with E-state index >= 15 is 0 Å². The van der Waals surface area contributed by atoms with Gasteiger partial charge in [-0.25, -0.2) is 4.79 Å².